The highest BCUT2D eigenvalue weighted by molar-refractivity contribution is 9.11. The third kappa shape index (κ3) is 3.55. The molecule has 1 N–H and O–H groups in total. The van der Waals surface area contributed by atoms with Gasteiger partial charge in [-0.3, -0.25) is 4.98 Å². The van der Waals surface area contributed by atoms with E-state index in [1.54, 1.807) is 13.1 Å². The summed E-state index contributed by atoms with van der Waals surface area (Å²) < 4.78 is 6.91. The molecule has 112 valence electrons. The highest BCUT2D eigenvalue weighted by Crippen LogP contribution is 2.33. The number of hydrogen-bond acceptors (Lipinski definition) is 4. The molecule has 2 rings (SSSR count). The fraction of sp³-hybridized carbons (Fsp3) is 0.333. The van der Waals surface area contributed by atoms with Crippen molar-refractivity contribution in [2.45, 2.75) is 20.3 Å². The van der Waals surface area contributed by atoms with Crippen molar-refractivity contribution in [3.8, 4) is 0 Å². The smallest absolute Gasteiger partial charge is 0.341 e. The van der Waals surface area contributed by atoms with Crippen LogP contribution in [0.2, 0.25) is 0 Å². The summed E-state index contributed by atoms with van der Waals surface area (Å²) in [6, 6.07) is 3.89. The molecule has 0 bridgehead atoms. The zero-order valence-electron chi connectivity index (χ0n) is 11.9. The Bertz CT molecular complexity index is 674. The van der Waals surface area contributed by atoms with Gasteiger partial charge in [0.15, 0.2) is 0 Å². The molecule has 0 radical (unpaired) electrons. The summed E-state index contributed by atoms with van der Waals surface area (Å²) >= 11 is 6.98. The molecular formula is C15H16Br2N2O2. The number of ether oxygens (including phenoxy) is 1. The second kappa shape index (κ2) is 7.22. The van der Waals surface area contributed by atoms with Crippen molar-refractivity contribution >= 4 is 54.4 Å². The van der Waals surface area contributed by atoms with Crippen molar-refractivity contribution in [2.24, 2.45) is 0 Å². The molecule has 0 saturated heterocycles. The minimum absolute atomic E-state index is 0.340. The van der Waals surface area contributed by atoms with E-state index in [2.05, 4.69) is 49.1 Å². The summed E-state index contributed by atoms with van der Waals surface area (Å²) in [6.45, 7) is 4.98. The lowest BCUT2D eigenvalue weighted by Crippen LogP contribution is -2.11. The van der Waals surface area contributed by atoms with Crippen LogP contribution in [0.5, 0.6) is 0 Å². The number of fused-ring (bicyclic) bond motifs is 1. The molecule has 1 aromatic carbocycles. The molecule has 6 heteroatoms. The molecule has 0 aliphatic carbocycles. The Morgan fingerprint density at radius 1 is 1.33 bits per heavy atom. The highest BCUT2D eigenvalue weighted by atomic mass is 79.9. The molecular weight excluding hydrogens is 400 g/mol. The summed E-state index contributed by atoms with van der Waals surface area (Å²) in [7, 11) is 0. The van der Waals surface area contributed by atoms with Crippen molar-refractivity contribution in [1.82, 2.24) is 4.98 Å². The summed E-state index contributed by atoms with van der Waals surface area (Å²) in [5.41, 5.74) is 2.04. The average molecular weight is 416 g/mol. The Balaban J connectivity index is 2.66. The zero-order valence-corrected chi connectivity index (χ0v) is 15.0. The van der Waals surface area contributed by atoms with Crippen molar-refractivity contribution in [3.05, 3.63) is 32.8 Å². The molecule has 0 aliphatic rings. The molecule has 0 aliphatic heterocycles. The maximum absolute atomic E-state index is 12.1. The number of nitrogens with zero attached hydrogens (tertiary/aromatic N) is 1. The number of hydrogen-bond donors (Lipinski definition) is 1. The molecule has 0 saturated carbocycles. The van der Waals surface area contributed by atoms with Crippen LogP contribution in [-0.4, -0.2) is 24.1 Å². The number of halogens is 2. The quantitative estimate of drug-likeness (QED) is 0.715. The van der Waals surface area contributed by atoms with Gasteiger partial charge in [-0.1, -0.05) is 22.9 Å². The second-order valence-electron chi connectivity index (χ2n) is 4.48. The summed E-state index contributed by atoms with van der Waals surface area (Å²) in [5.74, 6) is -0.360. The lowest BCUT2D eigenvalue weighted by Gasteiger charge is -2.14. The monoisotopic (exact) mass is 414 g/mol. The fourth-order valence-electron chi connectivity index (χ4n) is 2.03. The van der Waals surface area contributed by atoms with Crippen LogP contribution < -0.4 is 5.32 Å². The van der Waals surface area contributed by atoms with Gasteiger partial charge in [-0.15, -0.1) is 0 Å². The predicted molar refractivity (Wildman–Crippen MR) is 91.9 cm³/mol. The number of rotatable bonds is 5. The second-order valence-corrected chi connectivity index (χ2v) is 6.25. The first-order chi connectivity index (χ1) is 10.1. The minimum Gasteiger partial charge on any atom is -0.462 e. The van der Waals surface area contributed by atoms with Gasteiger partial charge in [-0.05, 0) is 41.4 Å². The Hall–Kier alpha value is -1.14. The van der Waals surface area contributed by atoms with E-state index in [9.17, 15) is 4.79 Å². The molecule has 0 fully saturated rings. The number of aromatic nitrogens is 1. The molecule has 1 aromatic heterocycles. The third-order valence-corrected chi connectivity index (χ3v) is 4.00. The first-order valence-corrected chi connectivity index (χ1v) is 8.35. The van der Waals surface area contributed by atoms with E-state index in [1.807, 2.05) is 12.1 Å². The van der Waals surface area contributed by atoms with Gasteiger partial charge in [-0.2, -0.15) is 0 Å². The molecule has 21 heavy (non-hydrogen) atoms. The van der Waals surface area contributed by atoms with Gasteiger partial charge in [0.1, 0.15) is 5.56 Å². The van der Waals surface area contributed by atoms with Crippen LogP contribution in [0.15, 0.2) is 27.3 Å². The summed E-state index contributed by atoms with van der Waals surface area (Å²) in [5, 5.41) is 4.20. The van der Waals surface area contributed by atoms with Crippen molar-refractivity contribution < 1.29 is 9.53 Å². The Kier molecular flexibility index (Phi) is 5.58. The summed E-state index contributed by atoms with van der Waals surface area (Å²) in [4.78, 5) is 16.5. The summed E-state index contributed by atoms with van der Waals surface area (Å²) in [6.07, 6.45) is 2.53. The molecule has 2 aromatic rings. The van der Waals surface area contributed by atoms with Gasteiger partial charge < -0.3 is 10.1 Å². The fourth-order valence-corrected chi connectivity index (χ4v) is 3.36. The van der Waals surface area contributed by atoms with Crippen LogP contribution in [0.1, 0.15) is 30.6 Å². The van der Waals surface area contributed by atoms with Crippen molar-refractivity contribution in [2.75, 3.05) is 18.5 Å². The molecule has 0 atom stereocenters. The van der Waals surface area contributed by atoms with Crippen LogP contribution >= 0.6 is 31.9 Å². The van der Waals surface area contributed by atoms with E-state index in [-0.39, 0.29) is 5.97 Å². The molecule has 1 heterocycles. The van der Waals surface area contributed by atoms with E-state index in [1.165, 1.54) is 0 Å². The van der Waals surface area contributed by atoms with E-state index in [4.69, 9.17) is 4.74 Å². The number of carbonyl (C=O) groups excluding carboxylic acids is 1. The Morgan fingerprint density at radius 2 is 2.10 bits per heavy atom. The van der Waals surface area contributed by atoms with Gasteiger partial charge in [0.05, 0.1) is 17.8 Å². The average Bonchev–Trinajstić information content (AvgIpc) is 2.44. The largest absolute Gasteiger partial charge is 0.462 e. The topological polar surface area (TPSA) is 51.2 Å². The van der Waals surface area contributed by atoms with Gasteiger partial charge in [0.25, 0.3) is 0 Å². The number of anilines is 1. The number of carbonyl (C=O) groups is 1. The van der Waals surface area contributed by atoms with Crippen LogP contribution in [0.4, 0.5) is 5.69 Å². The molecule has 0 spiro atoms. The maximum Gasteiger partial charge on any atom is 0.341 e. The van der Waals surface area contributed by atoms with E-state index >= 15 is 0 Å². The van der Waals surface area contributed by atoms with E-state index < -0.39 is 0 Å². The first kappa shape index (κ1) is 16.2. The van der Waals surface area contributed by atoms with Gasteiger partial charge in [0, 0.05) is 27.1 Å². The number of benzene rings is 1. The Morgan fingerprint density at radius 3 is 2.76 bits per heavy atom. The number of esters is 1. The first-order valence-electron chi connectivity index (χ1n) is 6.77. The van der Waals surface area contributed by atoms with Crippen molar-refractivity contribution in [3.63, 3.8) is 0 Å². The zero-order chi connectivity index (χ0) is 15.4. The van der Waals surface area contributed by atoms with Crippen LogP contribution in [0.25, 0.3) is 10.9 Å². The number of nitrogens with one attached hydrogen (secondary N) is 1. The van der Waals surface area contributed by atoms with E-state index in [0.29, 0.717) is 12.2 Å². The lowest BCUT2D eigenvalue weighted by atomic mass is 10.1. The van der Waals surface area contributed by atoms with Crippen LogP contribution in [-0.2, 0) is 4.74 Å². The van der Waals surface area contributed by atoms with E-state index in [0.717, 1.165) is 38.5 Å². The van der Waals surface area contributed by atoms with Gasteiger partial charge in [0.2, 0.25) is 0 Å². The maximum atomic E-state index is 12.1. The lowest BCUT2D eigenvalue weighted by molar-refractivity contribution is 0.0527. The molecule has 0 amide bonds. The van der Waals surface area contributed by atoms with Gasteiger partial charge in [-0.25, -0.2) is 4.79 Å². The Labute approximate surface area is 140 Å². The normalized spacial score (nSPS) is 10.7. The standard InChI is InChI=1S/C15H16Br2N2O2/c1-3-5-18-13-10-6-9(16)7-12(17)14(10)19-8-11(13)15(20)21-4-2/h6-8H,3-5H2,1-2H3,(H,18,19). The van der Waals surface area contributed by atoms with Crippen molar-refractivity contribution in [1.29, 1.82) is 0 Å². The SMILES string of the molecule is CCCNc1c(C(=O)OCC)cnc2c(Br)cc(Br)cc12. The minimum atomic E-state index is -0.360. The van der Waals surface area contributed by atoms with Gasteiger partial charge >= 0.3 is 5.97 Å². The molecule has 0 unspecified atom stereocenters. The van der Waals surface area contributed by atoms with Crippen LogP contribution in [0.3, 0.4) is 0 Å². The van der Waals surface area contributed by atoms with Crippen LogP contribution in [0, 0.1) is 0 Å². The third-order valence-electron chi connectivity index (χ3n) is 2.94. The highest BCUT2D eigenvalue weighted by Gasteiger charge is 2.17. The number of pyridine rings is 1. The molecule has 4 nitrogen and oxygen atoms in total. The predicted octanol–water partition coefficient (Wildman–Crippen LogP) is 4.76.